The number of hydrogen-bond donors (Lipinski definition) is 1. The monoisotopic (exact) mass is 238 g/mol. The van der Waals surface area contributed by atoms with E-state index in [1.807, 2.05) is 12.2 Å². The van der Waals surface area contributed by atoms with E-state index in [9.17, 15) is 5.11 Å². The van der Waals surface area contributed by atoms with Gasteiger partial charge in [0.2, 0.25) is 0 Å². The minimum Gasteiger partial charge on any atom is -0.508 e. The van der Waals surface area contributed by atoms with Crippen LogP contribution in [0.5, 0.6) is 0 Å². The van der Waals surface area contributed by atoms with Crippen molar-refractivity contribution in [1.82, 2.24) is 0 Å². The van der Waals surface area contributed by atoms with E-state index in [4.69, 9.17) is 0 Å². The van der Waals surface area contributed by atoms with Gasteiger partial charge in [-0.3, -0.25) is 0 Å². The maximum Gasteiger partial charge on any atom is 0.111 e. The van der Waals surface area contributed by atoms with Gasteiger partial charge in [0, 0.05) is 0 Å². The SMILES string of the molecule is CCC/C=C(\O)C=CCCCCCCCCC. The molecule has 0 saturated heterocycles. The van der Waals surface area contributed by atoms with E-state index in [2.05, 4.69) is 19.9 Å². The quantitative estimate of drug-likeness (QED) is 0.269. The standard InChI is InChI=1S/C16H30O/c1-3-5-7-8-9-10-11-12-13-15-16(17)14-6-4-2/h13-15,17H,3-12H2,1-2H3/b15-13?,16-14-. The maximum absolute atomic E-state index is 9.45. The Balaban J connectivity index is 3.29. The lowest BCUT2D eigenvalue weighted by atomic mass is 10.1. The van der Waals surface area contributed by atoms with Crippen LogP contribution in [0.3, 0.4) is 0 Å². The summed E-state index contributed by atoms with van der Waals surface area (Å²) in [5.74, 6) is 0.426. The molecule has 0 spiro atoms. The number of rotatable bonds is 11. The molecule has 0 aromatic rings. The van der Waals surface area contributed by atoms with Crippen LogP contribution in [0.1, 0.15) is 78.1 Å². The van der Waals surface area contributed by atoms with Crippen molar-refractivity contribution >= 4 is 0 Å². The first-order valence-corrected chi connectivity index (χ1v) is 7.37. The van der Waals surface area contributed by atoms with Gasteiger partial charge in [0.15, 0.2) is 0 Å². The van der Waals surface area contributed by atoms with Crippen molar-refractivity contribution in [2.45, 2.75) is 78.1 Å². The van der Waals surface area contributed by atoms with Crippen LogP contribution in [0.25, 0.3) is 0 Å². The number of unbranched alkanes of at least 4 members (excludes halogenated alkanes) is 8. The lowest BCUT2D eigenvalue weighted by Crippen LogP contribution is -1.79. The predicted octanol–water partition coefficient (Wildman–Crippen LogP) is 5.93. The van der Waals surface area contributed by atoms with Gasteiger partial charge in [-0.1, -0.05) is 64.9 Å². The molecule has 0 radical (unpaired) electrons. The van der Waals surface area contributed by atoms with E-state index in [1.54, 1.807) is 0 Å². The van der Waals surface area contributed by atoms with Crippen LogP contribution in [0.15, 0.2) is 24.0 Å². The Hall–Kier alpha value is -0.720. The molecule has 0 aromatic heterocycles. The second-order valence-electron chi connectivity index (χ2n) is 4.73. The zero-order valence-corrected chi connectivity index (χ0v) is 11.8. The number of aliphatic hydroxyl groups is 1. The van der Waals surface area contributed by atoms with E-state index in [0.29, 0.717) is 5.76 Å². The molecule has 100 valence electrons. The van der Waals surface area contributed by atoms with Crippen molar-refractivity contribution in [3.63, 3.8) is 0 Å². The summed E-state index contributed by atoms with van der Waals surface area (Å²) in [4.78, 5) is 0. The van der Waals surface area contributed by atoms with Gasteiger partial charge in [0.25, 0.3) is 0 Å². The average Bonchev–Trinajstić information content (AvgIpc) is 2.34. The van der Waals surface area contributed by atoms with Crippen molar-refractivity contribution in [2.75, 3.05) is 0 Å². The van der Waals surface area contributed by atoms with Crippen LogP contribution >= 0.6 is 0 Å². The average molecular weight is 238 g/mol. The van der Waals surface area contributed by atoms with Gasteiger partial charge in [-0.2, -0.15) is 0 Å². The van der Waals surface area contributed by atoms with Crippen LogP contribution in [-0.2, 0) is 0 Å². The summed E-state index contributed by atoms with van der Waals surface area (Å²) in [5.41, 5.74) is 0. The molecule has 0 rings (SSSR count). The van der Waals surface area contributed by atoms with Crippen molar-refractivity contribution in [2.24, 2.45) is 0 Å². The van der Waals surface area contributed by atoms with Crippen LogP contribution in [0.4, 0.5) is 0 Å². The Morgan fingerprint density at radius 3 is 2.12 bits per heavy atom. The molecule has 1 N–H and O–H groups in total. The molecule has 0 aliphatic rings. The molecule has 0 atom stereocenters. The number of aliphatic hydroxyl groups excluding tert-OH is 1. The van der Waals surface area contributed by atoms with E-state index in [1.165, 1.54) is 44.9 Å². The van der Waals surface area contributed by atoms with E-state index in [0.717, 1.165) is 19.3 Å². The molecule has 0 bridgehead atoms. The summed E-state index contributed by atoms with van der Waals surface area (Å²) < 4.78 is 0. The zero-order valence-electron chi connectivity index (χ0n) is 11.8. The van der Waals surface area contributed by atoms with Gasteiger partial charge >= 0.3 is 0 Å². The molecule has 17 heavy (non-hydrogen) atoms. The lowest BCUT2D eigenvalue weighted by Gasteiger charge is -1.98. The first-order chi connectivity index (χ1) is 8.31. The second kappa shape index (κ2) is 13.3. The highest BCUT2D eigenvalue weighted by Crippen LogP contribution is 2.09. The highest BCUT2D eigenvalue weighted by atomic mass is 16.3. The summed E-state index contributed by atoms with van der Waals surface area (Å²) in [7, 11) is 0. The predicted molar refractivity (Wildman–Crippen MR) is 77.4 cm³/mol. The van der Waals surface area contributed by atoms with Gasteiger partial charge in [-0.15, -0.1) is 0 Å². The van der Waals surface area contributed by atoms with Crippen LogP contribution < -0.4 is 0 Å². The Labute approximate surface area is 108 Å². The van der Waals surface area contributed by atoms with Crippen LogP contribution in [0.2, 0.25) is 0 Å². The van der Waals surface area contributed by atoms with Gasteiger partial charge in [0.1, 0.15) is 5.76 Å². The largest absolute Gasteiger partial charge is 0.508 e. The fraction of sp³-hybridized carbons (Fsp3) is 0.750. The molecular formula is C16H30O. The second-order valence-corrected chi connectivity index (χ2v) is 4.73. The van der Waals surface area contributed by atoms with Crippen LogP contribution in [0, 0.1) is 0 Å². The third-order valence-electron chi connectivity index (χ3n) is 2.91. The van der Waals surface area contributed by atoms with Gasteiger partial charge in [0.05, 0.1) is 0 Å². The molecule has 0 heterocycles. The first kappa shape index (κ1) is 16.3. The van der Waals surface area contributed by atoms with Gasteiger partial charge in [-0.25, -0.2) is 0 Å². The van der Waals surface area contributed by atoms with Gasteiger partial charge in [-0.05, 0) is 31.4 Å². The maximum atomic E-state index is 9.45. The molecule has 0 fully saturated rings. The van der Waals surface area contributed by atoms with Crippen molar-refractivity contribution in [1.29, 1.82) is 0 Å². The molecule has 1 heteroatoms. The van der Waals surface area contributed by atoms with E-state index < -0.39 is 0 Å². The zero-order chi connectivity index (χ0) is 12.8. The normalized spacial score (nSPS) is 12.5. The van der Waals surface area contributed by atoms with Gasteiger partial charge < -0.3 is 5.11 Å². The summed E-state index contributed by atoms with van der Waals surface area (Å²) in [5, 5.41) is 9.45. The third kappa shape index (κ3) is 13.2. The molecule has 1 nitrogen and oxygen atoms in total. The van der Waals surface area contributed by atoms with Crippen molar-refractivity contribution in [3.05, 3.63) is 24.0 Å². The first-order valence-electron chi connectivity index (χ1n) is 7.37. The van der Waals surface area contributed by atoms with Crippen molar-refractivity contribution < 1.29 is 5.11 Å². The Kier molecular flexibility index (Phi) is 12.8. The molecular weight excluding hydrogens is 208 g/mol. The summed E-state index contributed by atoms with van der Waals surface area (Å²) in [6.07, 6.45) is 18.4. The van der Waals surface area contributed by atoms with E-state index >= 15 is 0 Å². The molecule has 0 unspecified atom stereocenters. The molecule has 0 amide bonds. The fourth-order valence-electron chi connectivity index (χ4n) is 1.78. The highest BCUT2D eigenvalue weighted by Gasteiger charge is 1.90. The molecule has 0 aromatic carbocycles. The molecule has 0 saturated carbocycles. The Bertz CT molecular complexity index is 204. The minimum atomic E-state index is 0.426. The fourth-order valence-corrected chi connectivity index (χ4v) is 1.78. The summed E-state index contributed by atoms with van der Waals surface area (Å²) in [6, 6.07) is 0. The number of hydrogen-bond acceptors (Lipinski definition) is 1. The topological polar surface area (TPSA) is 20.2 Å². The van der Waals surface area contributed by atoms with Crippen molar-refractivity contribution in [3.8, 4) is 0 Å². The highest BCUT2D eigenvalue weighted by molar-refractivity contribution is 5.09. The third-order valence-corrected chi connectivity index (χ3v) is 2.91. The lowest BCUT2D eigenvalue weighted by molar-refractivity contribution is 0.429. The number of allylic oxidation sites excluding steroid dienone is 3. The van der Waals surface area contributed by atoms with Crippen LogP contribution in [-0.4, -0.2) is 5.11 Å². The smallest absolute Gasteiger partial charge is 0.111 e. The molecule has 0 aliphatic carbocycles. The summed E-state index contributed by atoms with van der Waals surface area (Å²) in [6.45, 7) is 4.37. The van der Waals surface area contributed by atoms with E-state index in [-0.39, 0.29) is 0 Å². The Morgan fingerprint density at radius 1 is 0.824 bits per heavy atom. The Morgan fingerprint density at radius 2 is 1.47 bits per heavy atom. The minimum absolute atomic E-state index is 0.426. The summed E-state index contributed by atoms with van der Waals surface area (Å²) >= 11 is 0. The molecule has 0 aliphatic heterocycles.